The van der Waals surface area contributed by atoms with E-state index >= 15 is 0 Å². The molecule has 1 aliphatic carbocycles. The van der Waals surface area contributed by atoms with Gasteiger partial charge in [-0.3, -0.25) is 19.7 Å². The minimum Gasteiger partial charge on any atom is -0.492 e. The standard InChI is InChI=1S/C31H39FN4O4/c1-4-26-30(38)35-25(18-21-11-15-24(32)16-12-21)29(37)33-17-7-9-22-8-5-6-10-27(22)40-19-20(2)34-28(23-13-14-23)31(39)36(26)3/h4-6,8,10-12,15-16,20,23,25-26,28,34H,1,7,9,13-14,17-19H2,2-3H3,(H,33,37)(H,35,38)/t20?,25-,26-,28+/m1/s1. The van der Waals surface area contributed by atoms with E-state index in [0.29, 0.717) is 31.6 Å². The number of ether oxygens (including phenoxy) is 1. The lowest BCUT2D eigenvalue weighted by Gasteiger charge is -2.32. The van der Waals surface area contributed by atoms with E-state index in [-0.39, 0.29) is 36.0 Å². The van der Waals surface area contributed by atoms with Crippen LogP contribution >= 0.6 is 0 Å². The molecule has 0 radical (unpaired) electrons. The lowest BCUT2D eigenvalue weighted by atomic mass is 10.0. The Morgan fingerprint density at radius 3 is 2.50 bits per heavy atom. The minimum absolute atomic E-state index is 0.106. The van der Waals surface area contributed by atoms with E-state index in [2.05, 4.69) is 22.5 Å². The van der Waals surface area contributed by atoms with Crippen molar-refractivity contribution in [1.82, 2.24) is 20.9 Å². The van der Waals surface area contributed by atoms with Crippen LogP contribution in [0.25, 0.3) is 0 Å². The number of carbonyl (C=O) groups is 3. The van der Waals surface area contributed by atoms with E-state index in [1.807, 2.05) is 31.2 Å². The number of fused-ring (bicyclic) bond motifs is 1. The quantitative estimate of drug-likeness (QED) is 0.509. The first-order chi connectivity index (χ1) is 19.3. The first-order valence-electron chi connectivity index (χ1n) is 13.9. The molecule has 0 spiro atoms. The molecule has 4 atom stereocenters. The largest absolute Gasteiger partial charge is 0.492 e. The van der Waals surface area contributed by atoms with E-state index in [1.54, 1.807) is 19.2 Å². The molecular formula is C31H39FN4O4. The van der Waals surface area contributed by atoms with Gasteiger partial charge in [0.2, 0.25) is 17.7 Å². The number of benzene rings is 2. The molecular weight excluding hydrogens is 511 g/mol. The van der Waals surface area contributed by atoms with Crippen molar-refractivity contribution in [2.75, 3.05) is 20.2 Å². The molecule has 1 saturated carbocycles. The fraction of sp³-hybridized carbons (Fsp3) is 0.452. The van der Waals surface area contributed by atoms with Gasteiger partial charge in [0.05, 0.1) is 6.04 Å². The van der Waals surface area contributed by atoms with Crippen LogP contribution in [0.1, 0.15) is 37.3 Å². The number of aryl methyl sites for hydroxylation is 1. The molecule has 0 saturated heterocycles. The lowest BCUT2D eigenvalue weighted by molar-refractivity contribution is -0.140. The number of amides is 3. The number of hydrogen-bond acceptors (Lipinski definition) is 5. The zero-order valence-corrected chi connectivity index (χ0v) is 23.2. The minimum atomic E-state index is -0.976. The molecule has 0 aromatic heterocycles. The van der Waals surface area contributed by atoms with Gasteiger partial charge in [0.25, 0.3) is 0 Å². The topological polar surface area (TPSA) is 99.8 Å². The Kier molecular flexibility index (Phi) is 9.93. The summed E-state index contributed by atoms with van der Waals surface area (Å²) in [6.07, 6.45) is 4.80. The number of carbonyl (C=O) groups excluding carboxylic acids is 3. The Labute approximate surface area is 235 Å². The summed E-state index contributed by atoms with van der Waals surface area (Å²) in [5.74, 6) is -0.494. The first-order valence-corrected chi connectivity index (χ1v) is 13.9. The maximum atomic E-state index is 13.6. The highest BCUT2D eigenvalue weighted by Crippen LogP contribution is 2.34. The van der Waals surface area contributed by atoms with Crippen LogP contribution < -0.4 is 20.7 Å². The molecule has 1 aliphatic heterocycles. The van der Waals surface area contributed by atoms with Crippen LogP contribution in [0.15, 0.2) is 61.2 Å². The number of rotatable bonds is 4. The zero-order valence-electron chi connectivity index (χ0n) is 23.2. The van der Waals surface area contributed by atoms with Gasteiger partial charge in [-0.15, -0.1) is 6.58 Å². The smallest absolute Gasteiger partial charge is 0.247 e. The van der Waals surface area contributed by atoms with Crippen molar-refractivity contribution in [1.29, 1.82) is 0 Å². The predicted molar refractivity (Wildman–Crippen MR) is 151 cm³/mol. The van der Waals surface area contributed by atoms with Crippen molar-refractivity contribution >= 4 is 17.7 Å². The average Bonchev–Trinajstić information content (AvgIpc) is 3.79. The molecule has 3 amide bonds. The number of nitrogens with one attached hydrogen (secondary N) is 3. The highest BCUT2D eigenvalue weighted by molar-refractivity contribution is 5.94. The number of halogens is 1. The lowest BCUT2D eigenvalue weighted by Crippen LogP contribution is -2.58. The molecule has 2 aromatic rings. The van der Waals surface area contributed by atoms with Crippen molar-refractivity contribution in [3.8, 4) is 5.75 Å². The predicted octanol–water partition coefficient (Wildman–Crippen LogP) is 2.76. The van der Waals surface area contributed by atoms with Gasteiger partial charge < -0.3 is 20.3 Å². The summed E-state index contributed by atoms with van der Waals surface area (Å²) in [5, 5.41) is 9.17. The molecule has 2 aromatic carbocycles. The molecule has 2 aliphatic rings. The fourth-order valence-corrected chi connectivity index (χ4v) is 4.99. The normalized spacial score (nSPS) is 25.5. The van der Waals surface area contributed by atoms with Crippen LogP contribution in [0, 0.1) is 11.7 Å². The van der Waals surface area contributed by atoms with E-state index < -0.39 is 24.0 Å². The third kappa shape index (κ3) is 7.69. The summed E-state index contributed by atoms with van der Waals surface area (Å²) in [4.78, 5) is 41.7. The molecule has 1 unspecified atom stereocenters. The Morgan fingerprint density at radius 1 is 1.07 bits per heavy atom. The molecule has 0 bridgehead atoms. The Bertz CT molecular complexity index is 1200. The molecule has 4 rings (SSSR count). The fourth-order valence-electron chi connectivity index (χ4n) is 4.99. The van der Waals surface area contributed by atoms with Gasteiger partial charge >= 0.3 is 0 Å². The highest BCUT2D eigenvalue weighted by Gasteiger charge is 2.40. The van der Waals surface area contributed by atoms with Crippen LogP contribution in [-0.4, -0.2) is 67.0 Å². The maximum absolute atomic E-state index is 13.6. The van der Waals surface area contributed by atoms with Gasteiger partial charge in [0.1, 0.15) is 30.3 Å². The van der Waals surface area contributed by atoms with Crippen LogP contribution in [0.4, 0.5) is 4.39 Å². The van der Waals surface area contributed by atoms with Gasteiger partial charge in [-0.05, 0) is 67.9 Å². The molecule has 40 heavy (non-hydrogen) atoms. The van der Waals surface area contributed by atoms with Crippen molar-refractivity contribution in [3.05, 3.63) is 78.1 Å². The van der Waals surface area contributed by atoms with Crippen LogP contribution in [-0.2, 0) is 27.2 Å². The third-order valence-electron chi connectivity index (χ3n) is 7.45. The number of hydrogen-bond donors (Lipinski definition) is 3. The van der Waals surface area contributed by atoms with Crippen molar-refractivity contribution in [2.24, 2.45) is 5.92 Å². The van der Waals surface area contributed by atoms with Crippen molar-refractivity contribution in [3.63, 3.8) is 0 Å². The Hall–Kier alpha value is -3.72. The van der Waals surface area contributed by atoms with E-state index in [1.165, 1.54) is 23.1 Å². The number of para-hydroxylation sites is 1. The molecule has 9 heteroatoms. The summed E-state index contributed by atoms with van der Waals surface area (Å²) >= 11 is 0. The van der Waals surface area contributed by atoms with E-state index in [0.717, 1.165) is 24.2 Å². The van der Waals surface area contributed by atoms with Crippen molar-refractivity contribution in [2.45, 2.75) is 63.2 Å². The molecule has 214 valence electrons. The second-order valence-electron chi connectivity index (χ2n) is 10.7. The SMILES string of the molecule is C=C[C@@H]1C(=O)N[C@H](Cc2ccc(F)cc2)C(=O)NCCCc2ccccc2OCC(C)N[C@@H](C2CC2)C(=O)N1C. The summed E-state index contributed by atoms with van der Waals surface area (Å²) in [7, 11) is 1.58. The van der Waals surface area contributed by atoms with Crippen LogP contribution in [0.3, 0.4) is 0 Å². The summed E-state index contributed by atoms with van der Waals surface area (Å²) in [6, 6.07) is 11.2. The summed E-state index contributed by atoms with van der Waals surface area (Å²) in [6.45, 7) is 6.55. The van der Waals surface area contributed by atoms with E-state index in [4.69, 9.17) is 4.74 Å². The molecule has 8 nitrogen and oxygen atoms in total. The van der Waals surface area contributed by atoms with E-state index in [9.17, 15) is 18.8 Å². The third-order valence-corrected chi connectivity index (χ3v) is 7.45. The molecule has 3 N–H and O–H groups in total. The van der Waals surface area contributed by atoms with Gasteiger partial charge in [0.15, 0.2) is 0 Å². The monoisotopic (exact) mass is 550 g/mol. The number of likely N-dealkylation sites (N-methyl/N-ethyl adjacent to an activating group) is 1. The van der Waals surface area contributed by atoms with Gasteiger partial charge in [-0.25, -0.2) is 4.39 Å². The molecule has 1 heterocycles. The average molecular weight is 551 g/mol. The maximum Gasteiger partial charge on any atom is 0.247 e. The second-order valence-corrected chi connectivity index (χ2v) is 10.7. The van der Waals surface area contributed by atoms with Crippen molar-refractivity contribution < 1.29 is 23.5 Å². The van der Waals surface area contributed by atoms with Crippen LogP contribution in [0.2, 0.25) is 0 Å². The second kappa shape index (κ2) is 13.6. The zero-order chi connectivity index (χ0) is 28.6. The van der Waals surface area contributed by atoms with Gasteiger partial charge in [-0.1, -0.05) is 36.4 Å². The number of nitrogens with zero attached hydrogens (tertiary/aromatic N) is 1. The van der Waals surface area contributed by atoms with Gasteiger partial charge in [0, 0.05) is 26.1 Å². The Balaban J connectivity index is 1.59. The Morgan fingerprint density at radius 2 is 1.80 bits per heavy atom. The van der Waals surface area contributed by atoms with Gasteiger partial charge in [-0.2, -0.15) is 0 Å². The van der Waals surface area contributed by atoms with Crippen LogP contribution in [0.5, 0.6) is 5.75 Å². The first kappa shape index (κ1) is 29.3. The molecule has 1 fully saturated rings. The highest BCUT2D eigenvalue weighted by atomic mass is 19.1. The summed E-state index contributed by atoms with van der Waals surface area (Å²) < 4.78 is 19.6. The summed E-state index contributed by atoms with van der Waals surface area (Å²) in [5.41, 5.74) is 1.73.